The summed E-state index contributed by atoms with van der Waals surface area (Å²) in [6.07, 6.45) is 0.881. The summed E-state index contributed by atoms with van der Waals surface area (Å²) < 4.78 is 0.967. The molecule has 2 N–H and O–H groups in total. The zero-order valence-corrected chi connectivity index (χ0v) is 11.0. The molecule has 0 aliphatic carbocycles. The van der Waals surface area contributed by atoms with Crippen LogP contribution in [0.4, 0.5) is 0 Å². The Morgan fingerprint density at radius 2 is 2.18 bits per heavy atom. The maximum Gasteiger partial charge on any atom is 0.325 e. The first kappa shape index (κ1) is 13.7. The van der Waals surface area contributed by atoms with Gasteiger partial charge in [-0.15, -0.1) is 0 Å². The second-order valence-electron chi connectivity index (χ2n) is 3.76. The Labute approximate surface area is 108 Å². The third kappa shape index (κ3) is 4.99. The maximum absolute atomic E-state index is 11.4. The lowest BCUT2D eigenvalue weighted by Crippen LogP contribution is -2.38. The lowest BCUT2D eigenvalue weighted by molar-refractivity contribution is -0.141. The molecule has 0 aliphatic heterocycles. The fourth-order valence-electron chi connectivity index (χ4n) is 1.33. The number of benzene rings is 1. The summed E-state index contributed by atoms with van der Waals surface area (Å²) in [5.41, 5.74) is 1.04. The monoisotopic (exact) mass is 299 g/mol. The van der Waals surface area contributed by atoms with Crippen LogP contribution in [0.3, 0.4) is 0 Å². The number of hydrogen-bond donors (Lipinski definition) is 2. The van der Waals surface area contributed by atoms with Crippen molar-refractivity contribution < 1.29 is 14.7 Å². The first-order valence-electron chi connectivity index (χ1n) is 5.25. The standard InChI is InChI=1S/C12H14BrNO3/c1-8(12(16)17)14-11(15)6-5-9-3-2-4-10(13)7-9/h2-4,7-8H,5-6H2,1H3,(H,14,15)(H,16,17). The molecule has 1 aromatic carbocycles. The van der Waals surface area contributed by atoms with Gasteiger partial charge in [-0.05, 0) is 31.0 Å². The molecule has 1 amide bonds. The first-order valence-corrected chi connectivity index (χ1v) is 6.05. The van der Waals surface area contributed by atoms with Crippen LogP contribution in [0.1, 0.15) is 18.9 Å². The van der Waals surface area contributed by atoms with Crippen LogP contribution in [0.2, 0.25) is 0 Å². The highest BCUT2D eigenvalue weighted by atomic mass is 79.9. The van der Waals surface area contributed by atoms with Gasteiger partial charge in [-0.1, -0.05) is 28.1 Å². The number of nitrogens with one attached hydrogen (secondary N) is 1. The third-order valence-electron chi connectivity index (χ3n) is 2.28. The number of carboxylic acids is 1. The predicted octanol–water partition coefficient (Wildman–Crippen LogP) is 1.97. The molecule has 0 aromatic heterocycles. The fraction of sp³-hybridized carbons (Fsp3) is 0.333. The van der Waals surface area contributed by atoms with E-state index in [2.05, 4.69) is 21.2 Å². The molecule has 0 saturated carbocycles. The maximum atomic E-state index is 11.4. The van der Waals surface area contributed by atoms with Crippen molar-refractivity contribution in [2.75, 3.05) is 0 Å². The Kier molecular flexibility index (Phi) is 5.15. The van der Waals surface area contributed by atoms with Crippen molar-refractivity contribution in [3.63, 3.8) is 0 Å². The van der Waals surface area contributed by atoms with Crippen molar-refractivity contribution in [2.45, 2.75) is 25.8 Å². The number of carbonyl (C=O) groups is 2. The van der Waals surface area contributed by atoms with Crippen LogP contribution in [0.5, 0.6) is 0 Å². The molecule has 0 aliphatic rings. The van der Waals surface area contributed by atoms with Gasteiger partial charge in [0.25, 0.3) is 0 Å². The van der Waals surface area contributed by atoms with Crippen molar-refractivity contribution in [1.82, 2.24) is 5.32 Å². The Morgan fingerprint density at radius 3 is 2.76 bits per heavy atom. The first-order chi connectivity index (χ1) is 7.99. The van der Waals surface area contributed by atoms with E-state index in [0.29, 0.717) is 6.42 Å². The van der Waals surface area contributed by atoms with Crippen LogP contribution in [-0.2, 0) is 16.0 Å². The molecule has 0 radical (unpaired) electrons. The molecule has 0 heterocycles. The number of carboxylic acid groups (broad SMARTS) is 1. The summed E-state index contributed by atoms with van der Waals surface area (Å²) >= 11 is 3.35. The highest BCUT2D eigenvalue weighted by Gasteiger charge is 2.13. The average Bonchev–Trinajstić information content (AvgIpc) is 2.26. The highest BCUT2D eigenvalue weighted by molar-refractivity contribution is 9.10. The van der Waals surface area contributed by atoms with E-state index in [1.165, 1.54) is 6.92 Å². The topological polar surface area (TPSA) is 66.4 Å². The Balaban J connectivity index is 2.41. The van der Waals surface area contributed by atoms with Gasteiger partial charge in [0.15, 0.2) is 0 Å². The summed E-state index contributed by atoms with van der Waals surface area (Å²) in [7, 11) is 0. The average molecular weight is 300 g/mol. The van der Waals surface area contributed by atoms with Crippen LogP contribution in [0.15, 0.2) is 28.7 Å². The van der Waals surface area contributed by atoms with Gasteiger partial charge in [0.1, 0.15) is 6.04 Å². The SMILES string of the molecule is CC(NC(=O)CCc1cccc(Br)c1)C(=O)O. The van der Waals surface area contributed by atoms with Crippen LogP contribution < -0.4 is 5.32 Å². The van der Waals surface area contributed by atoms with Crippen molar-refractivity contribution in [3.05, 3.63) is 34.3 Å². The van der Waals surface area contributed by atoms with Crippen LogP contribution in [0, 0.1) is 0 Å². The van der Waals surface area contributed by atoms with E-state index in [0.717, 1.165) is 10.0 Å². The minimum atomic E-state index is -1.03. The molecule has 1 atom stereocenters. The molecule has 4 nitrogen and oxygen atoms in total. The molecular formula is C12H14BrNO3. The third-order valence-corrected chi connectivity index (χ3v) is 2.77. The molecule has 1 rings (SSSR count). The van der Waals surface area contributed by atoms with E-state index in [1.807, 2.05) is 24.3 Å². The van der Waals surface area contributed by atoms with Crippen molar-refractivity contribution in [1.29, 1.82) is 0 Å². The van der Waals surface area contributed by atoms with Crippen molar-refractivity contribution >= 4 is 27.8 Å². The van der Waals surface area contributed by atoms with Crippen molar-refractivity contribution in [2.24, 2.45) is 0 Å². The summed E-state index contributed by atoms with van der Waals surface area (Å²) in [4.78, 5) is 22.0. The smallest absolute Gasteiger partial charge is 0.325 e. The molecule has 0 bridgehead atoms. The van der Waals surface area contributed by atoms with Gasteiger partial charge in [0.2, 0.25) is 5.91 Å². The van der Waals surface area contributed by atoms with Gasteiger partial charge >= 0.3 is 5.97 Å². The predicted molar refractivity (Wildman–Crippen MR) is 67.7 cm³/mol. The minimum Gasteiger partial charge on any atom is -0.480 e. The number of aryl methyl sites for hydroxylation is 1. The molecule has 0 spiro atoms. The molecule has 17 heavy (non-hydrogen) atoms. The Hall–Kier alpha value is -1.36. The summed E-state index contributed by atoms with van der Waals surface area (Å²) in [6.45, 7) is 1.44. The van der Waals surface area contributed by atoms with Gasteiger partial charge in [0, 0.05) is 10.9 Å². The number of amides is 1. The van der Waals surface area contributed by atoms with Gasteiger partial charge in [-0.3, -0.25) is 9.59 Å². The summed E-state index contributed by atoms with van der Waals surface area (Å²) in [5.74, 6) is -1.28. The molecule has 92 valence electrons. The Morgan fingerprint density at radius 1 is 1.47 bits per heavy atom. The zero-order valence-electron chi connectivity index (χ0n) is 9.44. The number of rotatable bonds is 5. The van der Waals surface area contributed by atoms with Crippen molar-refractivity contribution in [3.8, 4) is 0 Å². The van der Waals surface area contributed by atoms with Crippen LogP contribution in [0.25, 0.3) is 0 Å². The largest absolute Gasteiger partial charge is 0.480 e. The van der Waals surface area contributed by atoms with E-state index in [4.69, 9.17) is 5.11 Å². The van der Waals surface area contributed by atoms with Gasteiger partial charge in [-0.2, -0.15) is 0 Å². The van der Waals surface area contributed by atoms with E-state index < -0.39 is 12.0 Å². The van der Waals surface area contributed by atoms with Crippen LogP contribution >= 0.6 is 15.9 Å². The van der Waals surface area contributed by atoms with E-state index in [1.54, 1.807) is 0 Å². The summed E-state index contributed by atoms with van der Waals surface area (Å²) in [5, 5.41) is 11.0. The lowest BCUT2D eigenvalue weighted by Gasteiger charge is -2.09. The van der Waals surface area contributed by atoms with Crippen LogP contribution in [-0.4, -0.2) is 23.0 Å². The summed E-state index contributed by atoms with van der Waals surface area (Å²) in [6, 6.07) is 6.84. The second-order valence-corrected chi connectivity index (χ2v) is 4.67. The van der Waals surface area contributed by atoms with E-state index >= 15 is 0 Å². The quantitative estimate of drug-likeness (QED) is 0.873. The molecular weight excluding hydrogens is 286 g/mol. The number of hydrogen-bond acceptors (Lipinski definition) is 2. The minimum absolute atomic E-state index is 0.250. The number of carbonyl (C=O) groups excluding carboxylic acids is 1. The van der Waals surface area contributed by atoms with E-state index in [9.17, 15) is 9.59 Å². The second kappa shape index (κ2) is 6.39. The normalized spacial score (nSPS) is 11.9. The molecule has 1 unspecified atom stereocenters. The number of aliphatic carboxylic acids is 1. The van der Waals surface area contributed by atoms with Gasteiger partial charge < -0.3 is 10.4 Å². The molecule has 0 fully saturated rings. The fourth-order valence-corrected chi connectivity index (χ4v) is 1.77. The number of halogens is 1. The van der Waals surface area contributed by atoms with Gasteiger partial charge in [0.05, 0.1) is 0 Å². The van der Waals surface area contributed by atoms with Gasteiger partial charge in [-0.25, -0.2) is 0 Å². The highest BCUT2D eigenvalue weighted by Crippen LogP contribution is 2.12. The molecule has 0 saturated heterocycles. The van der Waals surface area contributed by atoms with E-state index in [-0.39, 0.29) is 12.3 Å². The molecule has 5 heteroatoms. The lowest BCUT2D eigenvalue weighted by atomic mass is 10.1. The Bertz CT molecular complexity index is 420. The molecule has 1 aromatic rings. The zero-order chi connectivity index (χ0) is 12.8.